The van der Waals surface area contributed by atoms with E-state index in [1.807, 2.05) is 13.2 Å². The van der Waals surface area contributed by atoms with E-state index in [9.17, 15) is 0 Å². The monoisotopic (exact) mass is 386 g/mol. The maximum atomic E-state index is 5.50. The minimum absolute atomic E-state index is 0.620. The zero-order chi connectivity index (χ0) is 19.2. The van der Waals surface area contributed by atoms with Gasteiger partial charge in [-0.15, -0.1) is 0 Å². The highest BCUT2D eigenvalue weighted by Gasteiger charge is 2.30. The normalized spacial score (nSPS) is 24.6. The molecule has 0 radical (unpaired) electrons. The van der Waals surface area contributed by atoms with Crippen LogP contribution >= 0.6 is 0 Å². The summed E-state index contributed by atoms with van der Waals surface area (Å²) in [5, 5.41) is 3.57. The average Bonchev–Trinajstić information content (AvgIpc) is 3.26. The van der Waals surface area contributed by atoms with Crippen molar-refractivity contribution >= 4 is 11.8 Å². The standard InChI is InChI=1S/C21H34N6O/c1-22-21(27-10-6-19(17-27)25-11-13-28-14-12-25)24-16-18-5-7-23-20(15-18)26-8-3-2-4-9-26/h5,7,15,19H,2-4,6,8-14,16-17H2,1H3,(H,22,24). The van der Waals surface area contributed by atoms with Gasteiger partial charge in [0, 0.05) is 65.1 Å². The van der Waals surface area contributed by atoms with Gasteiger partial charge >= 0.3 is 0 Å². The summed E-state index contributed by atoms with van der Waals surface area (Å²) >= 11 is 0. The Morgan fingerprint density at radius 3 is 2.79 bits per heavy atom. The van der Waals surface area contributed by atoms with Crippen molar-refractivity contribution in [3.63, 3.8) is 0 Å². The van der Waals surface area contributed by atoms with Crippen LogP contribution in [0.3, 0.4) is 0 Å². The van der Waals surface area contributed by atoms with Crippen molar-refractivity contribution in [1.82, 2.24) is 20.1 Å². The van der Waals surface area contributed by atoms with Gasteiger partial charge in [-0.3, -0.25) is 9.89 Å². The van der Waals surface area contributed by atoms with Gasteiger partial charge in [0.15, 0.2) is 5.96 Å². The number of pyridine rings is 1. The highest BCUT2D eigenvalue weighted by molar-refractivity contribution is 5.80. The number of morpholine rings is 1. The predicted octanol–water partition coefficient (Wildman–Crippen LogP) is 1.55. The molecule has 154 valence electrons. The number of nitrogens with one attached hydrogen (secondary N) is 1. The molecule has 3 aliphatic heterocycles. The van der Waals surface area contributed by atoms with Gasteiger partial charge in [-0.05, 0) is 43.4 Å². The van der Waals surface area contributed by atoms with E-state index in [-0.39, 0.29) is 0 Å². The summed E-state index contributed by atoms with van der Waals surface area (Å²) in [5.74, 6) is 2.12. The van der Waals surface area contributed by atoms with E-state index in [1.165, 1.54) is 31.2 Å². The van der Waals surface area contributed by atoms with Gasteiger partial charge in [-0.1, -0.05) is 0 Å². The number of aromatic nitrogens is 1. The first-order chi connectivity index (χ1) is 13.8. The van der Waals surface area contributed by atoms with Crippen LogP contribution in [0.1, 0.15) is 31.2 Å². The fourth-order valence-electron chi connectivity index (χ4n) is 4.55. The summed E-state index contributed by atoms with van der Waals surface area (Å²) in [7, 11) is 1.89. The largest absolute Gasteiger partial charge is 0.379 e. The van der Waals surface area contributed by atoms with Crippen molar-refractivity contribution in [3.8, 4) is 0 Å². The van der Waals surface area contributed by atoms with Crippen molar-refractivity contribution < 1.29 is 4.74 Å². The SMILES string of the molecule is CN=C(NCc1ccnc(N2CCCCC2)c1)N1CCC(N2CCOCC2)C1. The minimum Gasteiger partial charge on any atom is -0.379 e. The van der Waals surface area contributed by atoms with E-state index < -0.39 is 0 Å². The van der Waals surface area contributed by atoms with Gasteiger partial charge < -0.3 is 19.9 Å². The van der Waals surface area contributed by atoms with Crippen LogP contribution < -0.4 is 10.2 Å². The van der Waals surface area contributed by atoms with Crippen LogP contribution in [-0.4, -0.2) is 86.3 Å². The molecule has 0 spiro atoms. The van der Waals surface area contributed by atoms with E-state index in [0.29, 0.717) is 6.04 Å². The van der Waals surface area contributed by atoms with Crippen LogP contribution in [0.15, 0.2) is 23.3 Å². The Bertz CT molecular complexity index is 654. The second-order valence-electron chi connectivity index (χ2n) is 8.01. The Hall–Kier alpha value is -1.86. The van der Waals surface area contributed by atoms with Gasteiger partial charge in [0.1, 0.15) is 5.82 Å². The molecule has 3 saturated heterocycles. The molecule has 3 aliphatic rings. The Morgan fingerprint density at radius 2 is 2.00 bits per heavy atom. The zero-order valence-corrected chi connectivity index (χ0v) is 17.1. The Balaban J connectivity index is 1.31. The molecular formula is C21H34N6O. The van der Waals surface area contributed by atoms with E-state index >= 15 is 0 Å². The van der Waals surface area contributed by atoms with Crippen molar-refractivity contribution in [3.05, 3.63) is 23.9 Å². The van der Waals surface area contributed by atoms with Crippen LogP contribution in [0.2, 0.25) is 0 Å². The third kappa shape index (κ3) is 4.75. The lowest BCUT2D eigenvalue weighted by Gasteiger charge is -2.32. The third-order valence-corrected chi connectivity index (χ3v) is 6.18. The smallest absolute Gasteiger partial charge is 0.193 e. The van der Waals surface area contributed by atoms with E-state index in [4.69, 9.17) is 4.74 Å². The molecule has 1 aromatic heterocycles. The molecular weight excluding hydrogens is 352 g/mol. The number of rotatable bonds is 4. The van der Waals surface area contributed by atoms with Crippen molar-refractivity contribution in [2.45, 2.75) is 38.3 Å². The summed E-state index contributed by atoms with van der Waals surface area (Å²) < 4.78 is 5.50. The first-order valence-corrected chi connectivity index (χ1v) is 10.8. The molecule has 1 aromatic rings. The van der Waals surface area contributed by atoms with Crippen molar-refractivity contribution in [1.29, 1.82) is 0 Å². The number of anilines is 1. The first kappa shape index (κ1) is 19.5. The molecule has 28 heavy (non-hydrogen) atoms. The molecule has 1 N–H and O–H groups in total. The molecule has 0 bridgehead atoms. The molecule has 1 unspecified atom stereocenters. The third-order valence-electron chi connectivity index (χ3n) is 6.18. The first-order valence-electron chi connectivity index (χ1n) is 10.8. The fourth-order valence-corrected chi connectivity index (χ4v) is 4.55. The highest BCUT2D eigenvalue weighted by atomic mass is 16.5. The molecule has 0 aliphatic carbocycles. The molecule has 0 saturated carbocycles. The Kier molecular flexibility index (Phi) is 6.65. The summed E-state index contributed by atoms with van der Waals surface area (Å²) in [6.45, 7) is 9.00. The molecule has 4 heterocycles. The van der Waals surface area contributed by atoms with Gasteiger partial charge in [0.05, 0.1) is 13.2 Å². The average molecular weight is 387 g/mol. The number of hydrogen-bond acceptors (Lipinski definition) is 5. The van der Waals surface area contributed by atoms with Crippen LogP contribution in [0.4, 0.5) is 5.82 Å². The predicted molar refractivity (Wildman–Crippen MR) is 113 cm³/mol. The van der Waals surface area contributed by atoms with Crippen LogP contribution in [0.5, 0.6) is 0 Å². The number of ether oxygens (including phenoxy) is 1. The van der Waals surface area contributed by atoms with Crippen LogP contribution in [-0.2, 0) is 11.3 Å². The number of piperidine rings is 1. The topological polar surface area (TPSA) is 56.2 Å². The van der Waals surface area contributed by atoms with E-state index in [1.54, 1.807) is 0 Å². The maximum Gasteiger partial charge on any atom is 0.193 e. The summed E-state index contributed by atoms with van der Waals surface area (Å²) in [6.07, 6.45) is 7.03. The highest BCUT2D eigenvalue weighted by Crippen LogP contribution is 2.19. The fraction of sp³-hybridized carbons (Fsp3) is 0.714. The Labute approximate surface area is 168 Å². The number of hydrogen-bond donors (Lipinski definition) is 1. The molecule has 1 atom stereocenters. The van der Waals surface area contributed by atoms with Gasteiger partial charge in [-0.25, -0.2) is 4.98 Å². The zero-order valence-electron chi connectivity index (χ0n) is 17.1. The van der Waals surface area contributed by atoms with E-state index in [0.717, 1.165) is 70.8 Å². The van der Waals surface area contributed by atoms with Crippen LogP contribution in [0, 0.1) is 0 Å². The molecule has 0 amide bonds. The summed E-state index contributed by atoms with van der Waals surface area (Å²) in [6, 6.07) is 4.95. The molecule has 0 aromatic carbocycles. The second kappa shape index (κ2) is 9.56. The molecule has 7 heteroatoms. The number of likely N-dealkylation sites (tertiary alicyclic amines) is 1. The van der Waals surface area contributed by atoms with Gasteiger partial charge in [0.25, 0.3) is 0 Å². The lowest BCUT2D eigenvalue weighted by Crippen LogP contribution is -2.46. The lowest BCUT2D eigenvalue weighted by molar-refractivity contribution is 0.0195. The van der Waals surface area contributed by atoms with E-state index in [2.05, 4.69) is 42.1 Å². The molecule has 3 fully saturated rings. The Morgan fingerprint density at radius 1 is 1.18 bits per heavy atom. The quantitative estimate of drug-likeness (QED) is 0.626. The number of aliphatic imine (C=N–C) groups is 1. The van der Waals surface area contributed by atoms with Crippen LogP contribution in [0.25, 0.3) is 0 Å². The second-order valence-corrected chi connectivity index (χ2v) is 8.01. The van der Waals surface area contributed by atoms with Gasteiger partial charge in [-0.2, -0.15) is 0 Å². The minimum atomic E-state index is 0.620. The molecule has 7 nitrogen and oxygen atoms in total. The summed E-state index contributed by atoms with van der Waals surface area (Å²) in [4.78, 5) is 16.5. The number of nitrogens with zero attached hydrogens (tertiary/aromatic N) is 5. The number of guanidine groups is 1. The van der Waals surface area contributed by atoms with Gasteiger partial charge in [0.2, 0.25) is 0 Å². The summed E-state index contributed by atoms with van der Waals surface area (Å²) in [5.41, 5.74) is 1.26. The van der Waals surface area contributed by atoms with Crippen molar-refractivity contribution in [2.75, 3.05) is 64.4 Å². The molecule has 4 rings (SSSR count). The maximum absolute atomic E-state index is 5.50. The lowest BCUT2D eigenvalue weighted by atomic mass is 10.1. The van der Waals surface area contributed by atoms with Crippen molar-refractivity contribution in [2.24, 2.45) is 4.99 Å².